The molecule has 0 saturated carbocycles. The summed E-state index contributed by atoms with van der Waals surface area (Å²) in [5.74, 6) is 0.293. The number of carbonyl (C=O) groups excluding carboxylic acids is 1. The number of carbonyl (C=O) groups is 1. The summed E-state index contributed by atoms with van der Waals surface area (Å²) >= 11 is 0. The number of hydrogen-bond acceptors (Lipinski definition) is 4. The maximum absolute atomic E-state index is 11.5. The lowest BCUT2D eigenvalue weighted by Gasteiger charge is -2.22. The zero-order valence-electron chi connectivity index (χ0n) is 12.5. The monoisotopic (exact) mass is 272 g/mol. The SMILES string of the molecule is CCC(C)NC(=O)CCNCCC(C)(C)C(N)=NO. The van der Waals surface area contributed by atoms with Gasteiger partial charge in [0.05, 0.1) is 0 Å². The number of amides is 1. The summed E-state index contributed by atoms with van der Waals surface area (Å²) in [6.07, 6.45) is 2.15. The third kappa shape index (κ3) is 7.66. The molecule has 0 rings (SSSR count). The minimum Gasteiger partial charge on any atom is -0.409 e. The molecule has 0 saturated heterocycles. The summed E-state index contributed by atoms with van der Waals surface area (Å²) in [5.41, 5.74) is 5.25. The molecule has 6 nitrogen and oxygen atoms in total. The minimum absolute atomic E-state index is 0.0672. The van der Waals surface area contributed by atoms with Crippen molar-refractivity contribution in [1.82, 2.24) is 10.6 Å². The predicted molar refractivity (Wildman–Crippen MR) is 77.2 cm³/mol. The summed E-state index contributed by atoms with van der Waals surface area (Å²) in [6.45, 7) is 9.22. The van der Waals surface area contributed by atoms with Gasteiger partial charge in [-0.05, 0) is 26.3 Å². The van der Waals surface area contributed by atoms with E-state index in [0.717, 1.165) is 19.4 Å². The van der Waals surface area contributed by atoms with Crippen molar-refractivity contribution in [2.75, 3.05) is 13.1 Å². The Morgan fingerprint density at radius 2 is 2.05 bits per heavy atom. The number of oxime groups is 1. The summed E-state index contributed by atoms with van der Waals surface area (Å²) < 4.78 is 0. The number of nitrogens with zero attached hydrogens (tertiary/aromatic N) is 1. The molecule has 0 radical (unpaired) electrons. The number of rotatable bonds is 9. The van der Waals surface area contributed by atoms with Crippen molar-refractivity contribution >= 4 is 11.7 Å². The van der Waals surface area contributed by atoms with Crippen LogP contribution in [-0.2, 0) is 4.79 Å². The van der Waals surface area contributed by atoms with E-state index in [1.165, 1.54) is 0 Å². The first-order valence-corrected chi connectivity index (χ1v) is 6.81. The van der Waals surface area contributed by atoms with Crippen LogP contribution in [0.4, 0.5) is 0 Å². The second-order valence-electron chi connectivity index (χ2n) is 5.50. The summed E-state index contributed by atoms with van der Waals surface area (Å²) in [7, 11) is 0. The van der Waals surface area contributed by atoms with Gasteiger partial charge in [-0.15, -0.1) is 0 Å². The number of amidine groups is 1. The van der Waals surface area contributed by atoms with Gasteiger partial charge in [-0.3, -0.25) is 4.79 Å². The Bertz CT molecular complexity index is 303. The van der Waals surface area contributed by atoms with Gasteiger partial charge in [-0.1, -0.05) is 25.9 Å². The zero-order valence-corrected chi connectivity index (χ0v) is 12.5. The molecule has 5 N–H and O–H groups in total. The van der Waals surface area contributed by atoms with E-state index in [4.69, 9.17) is 10.9 Å². The standard InChI is InChI=1S/C13H28N4O2/c1-5-10(2)16-11(18)6-8-15-9-7-13(3,4)12(14)17-19/h10,15,19H,5-9H2,1-4H3,(H2,14,17)(H,16,18). The Morgan fingerprint density at radius 1 is 1.42 bits per heavy atom. The van der Waals surface area contributed by atoms with E-state index in [1.54, 1.807) is 0 Å². The molecule has 0 aliphatic heterocycles. The van der Waals surface area contributed by atoms with Crippen molar-refractivity contribution in [3.63, 3.8) is 0 Å². The van der Waals surface area contributed by atoms with Gasteiger partial charge in [0.1, 0.15) is 5.84 Å². The van der Waals surface area contributed by atoms with Crippen LogP contribution in [0.5, 0.6) is 0 Å². The molecular formula is C13H28N4O2. The van der Waals surface area contributed by atoms with E-state index < -0.39 is 0 Å². The van der Waals surface area contributed by atoms with Crippen LogP contribution in [0.15, 0.2) is 5.16 Å². The molecule has 1 unspecified atom stereocenters. The Kier molecular flexibility index (Phi) is 8.14. The van der Waals surface area contributed by atoms with E-state index in [1.807, 2.05) is 27.7 Å². The lowest BCUT2D eigenvalue weighted by atomic mass is 9.88. The van der Waals surface area contributed by atoms with Gasteiger partial charge < -0.3 is 21.6 Å². The van der Waals surface area contributed by atoms with Crippen molar-refractivity contribution in [1.29, 1.82) is 0 Å². The van der Waals surface area contributed by atoms with Gasteiger partial charge in [0, 0.05) is 24.4 Å². The number of hydrogen-bond donors (Lipinski definition) is 4. The molecule has 19 heavy (non-hydrogen) atoms. The van der Waals surface area contributed by atoms with Crippen LogP contribution in [0.2, 0.25) is 0 Å². The first kappa shape index (κ1) is 17.7. The highest BCUT2D eigenvalue weighted by Gasteiger charge is 2.22. The van der Waals surface area contributed by atoms with E-state index in [2.05, 4.69) is 15.8 Å². The second kappa shape index (κ2) is 8.74. The first-order valence-electron chi connectivity index (χ1n) is 6.81. The van der Waals surface area contributed by atoms with Crippen molar-refractivity contribution in [3.05, 3.63) is 0 Å². The molecule has 6 heteroatoms. The van der Waals surface area contributed by atoms with Crippen LogP contribution in [-0.4, -0.2) is 36.1 Å². The molecule has 0 aromatic rings. The lowest BCUT2D eigenvalue weighted by Crippen LogP contribution is -2.36. The highest BCUT2D eigenvalue weighted by molar-refractivity contribution is 5.85. The topological polar surface area (TPSA) is 99.7 Å². The van der Waals surface area contributed by atoms with Gasteiger partial charge in [0.15, 0.2) is 0 Å². The maximum Gasteiger partial charge on any atom is 0.221 e. The molecule has 0 aromatic carbocycles. The van der Waals surface area contributed by atoms with E-state index in [9.17, 15) is 4.79 Å². The fourth-order valence-corrected chi connectivity index (χ4v) is 1.44. The Morgan fingerprint density at radius 3 is 2.58 bits per heavy atom. The zero-order chi connectivity index (χ0) is 14.9. The van der Waals surface area contributed by atoms with Gasteiger partial charge in [-0.25, -0.2) is 0 Å². The normalized spacial score (nSPS) is 14.2. The van der Waals surface area contributed by atoms with Crippen LogP contribution in [0.3, 0.4) is 0 Å². The first-order chi connectivity index (χ1) is 8.83. The quantitative estimate of drug-likeness (QED) is 0.166. The molecule has 0 bridgehead atoms. The van der Waals surface area contributed by atoms with Crippen LogP contribution < -0.4 is 16.4 Å². The number of nitrogens with one attached hydrogen (secondary N) is 2. The minimum atomic E-state index is -0.346. The molecule has 1 amide bonds. The third-order valence-corrected chi connectivity index (χ3v) is 3.28. The fraction of sp³-hybridized carbons (Fsp3) is 0.846. The smallest absolute Gasteiger partial charge is 0.221 e. The summed E-state index contributed by atoms with van der Waals surface area (Å²) in [4.78, 5) is 11.5. The molecule has 0 aromatic heterocycles. The molecule has 0 spiro atoms. The van der Waals surface area contributed by atoms with Crippen LogP contribution in [0.1, 0.15) is 47.0 Å². The van der Waals surface area contributed by atoms with Gasteiger partial charge in [-0.2, -0.15) is 0 Å². The van der Waals surface area contributed by atoms with Gasteiger partial charge >= 0.3 is 0 Å². The molecular weight excluding hydrogens is 244 g/mol. The molecule has 112 valence electrons. The Balaban J connectivity index is 3.74. The summed E-state index contributed by atoms with van der Waals surface area (Å²) in [5, 5.41) is 17.8. The third-order valence-electron chi connectivity index (χ3n) is 3.28. The largest absolute Gasteiger partial charge is 0.409 e. The van der Waals surface area contributed by atoms with Crippen molar-refractivity contribution in [2.24, 2.45) is 16.3 Å². The fourth-order valence-electron chi connectivity index (χ4n) is 1.44. The van der Waals surface area contributed by atoms with Crippen LogP contribution >= 0.6 is 0 Å². The second-order valence-corrected chi connectivity index (χ2v) is 5.50. The highest BCUT2D eigenvalue weighted by Crippen LogP contribution is 2.19. The Labute approximate surface area is 115 Å². The number of nitrogens with two attached hydrogens (primary N) is 1. The predicted octanol–water partition coefficient (Wildman–Crippen LogP) is 1.04. The van der Waals surface area contributed by atoms with E-state index in [0.29, 0.717) is 13.0 Å². The van der Waals surface area contributed by atoms with Crippen molar-refractivity contribution in [2.45, 2.75) is 53.0 Å². The van der Waals surface area contributed by atoms with Gasteiger partial charge in [0.2, 0.25) is 5.91 Å². The molecule has 0 aliphatic carbocycles. The van der Waals surface area contributed by atoms with E-state index in [-0.39, 0.29) is 23.2 Å². The van der Waals surface area contributed by atoms with Crippen LogP contribution in [0, 0.1) is 5.41 Å². The average Bonchev–Trinajstić information content (AvgIpc) is 2.36. The van der Waals surface area contributed by atoms with Gasteiger partial charge in [0.25, 0.3) is 0 Å². The molecule has 1 atom stereocenters. The van der Waals surface area contributed by atoms with Crippen molar-refractivity contribution in [3.8, 4) is 0 Å². The van der Waals surface area contributed by atoms with Crippen LogP contribution in [0.25, 0.3) is 0 Å². The molecule has 0 aliphatic rings. The lowest BCUT2D eigenvalue weighted by molar-refractivity contribution is -0.121. The molecule has 0 fully saturated rings. The highest BCUT2D eigenvalue weighted by atomic mass is 16.4. The molecule has 0 heterocycles. The average molecular weight is 272 g/mol. The Hall–Kier alpha value is -1.30. The van der Waals surface area contributed by atoms with Crippen molar-refractivity contribution < 1.29 is 10.0 Å². The summed E-state index contributed by atoms with van der Waals surface area (Å²) in [6, 6.07) is 0.229. The maximum atomic E-state index is 11.5. The van der Waals surface area contributed by atoms with E-state index >= 15 is 0 Å².